The monoisotopic (exact) mass is 515 g/mol. The summed E-state index contributed by atoms with van der Waals surface area (Å²) in [5, 5.41) is 9.63. The Balaban J connectivity index is 0.00000274. The molecule has 0 saturated carbocycles. The Morgan fingerprint density at radius 3 is 2.74 bits per heavy atom. The molecule has 1 aliphatic heterocycles. The number of fused-ring (bicyclic) bond motifs is 2. The number of aromatic nitrogens is 3. The van der Waals surface area contributed by atoms with Crippen LogP contribution < -0.4 is 5.32 Å². The number of anilines is 1. The van der Waals surface area contributed by atoms with Gasteiger partial charge in [0.05, 0.1) is 10.2 Å². The number of rotatable bonds is 6. The highest BCUT2D eigenvalue weighted by molar-refractivity contribution is 7.23. The van der Waals surface area contributed by atoms with Crippen LogP contribution in [0.2, 0.25) is 0 Å². The number of nitrogens with zero attached hydrogens (tertiary/aromatic N) is 4. The van der Waals surface area contributed by atoms with E-state index in [1.54, 1.807) is 22.7 Å². The average molecular weight is 516 g/mol. The van der Waals surface area contributed by atoms with Crippen LogP contribution in [0.15, 0.2) is 30.3 Å². The molecule has 9 heteroatoms. The zero-order valence-corrected chi connectivity index (χ0v) is 22.4. The molecule has 6 nitrogen and oxygen atoms in total. The molecule has 1 aliphatic rings. The van der Waals surface area contributed by atoms with Crippen LogP contribution in [0.1, 0.15) is 59.9 Å². The van der Waals surface area contributed by atoms with Crippen molar-refractivity contribution in [2.75, 3.05) is 18.4 Å². The second-order valence-corrected chi connectivity index (χ2v) is 11.0. The van der Waals surface area contributed by atoms with Gasteiger partial charge in [0.25, 0.3) is 5.91 Å². The van der Waals surface area contributed by atoms with Crippen LogP contribution in [-0.2, 0) is 13.0 Å². The van der Waals surface area contributed by atoms with Gasteiger partial charge in [-0.3, -0.25) is 14.4 Å². The Morgan fingerprint density at radius 1 is 1.24 bits per heavy atom. The Labute approximate surface area is 214 Å². The SMILES string of the molecule is CCCN1CCc2c(sc(NC(=O)c3cc(C)n(C(C)C)n3)c2-c2nc3ccccc3s2)C1.Cl. The maximum Gasteiger partial charge on any atom is 0.276 e. The molecular weight excluding hydrogens is 486 g/mol. The van der Waals surface area contributed by atoms with Gasteiger partial charge in [-0.1, -0.05) is 19.1 Å². The molecule has 0 fully saturated rings. The molecule has 34 heavy (non-hydrogen) atoms. The second kappa shape index (κ2) is 10.2. The van der Waals surface area contributed by atoms with Crippen LogP contribution in [0.3, 0.4) is 0 Å². The van der Waals surface area contributed by atoms with E-state index in [0.29, 0.717) is 5.69 Å². The van der Waals surface area contributed by atoms with Crippen LogP contribution in [0, 0.1) is 6.92 Å². The predicted octanol–water partition coefficient (Wildman–Crippen LogP) is 6.55. The van der Waals surface area contributed by atoms with Gasteiger partial charge in [-0.15, -0.1) is 35.1 Å². The number of aryl methyl sites for hydroxylation is 1. The number of benzene rings is 1. The molecule has 0 spiro atoms. The Morgan fingerprint density at radius 2 is 2.03 bits per heavy atom. The van der Waals surface area contributed by atoms with E-state index in [-0.39, 0.29) is 24.4 Å². The zero-order chi connectivity index (χ0) is 23.1. The van der Waals surface area contributed by atoms with Crippen molar-refractivity contribution in [1.82, 2.24) is 19.7 Å². The first-order valence-corrected chi connectivity index (χ1v) is 13.2. The first kappa shape index (κ1) is 24.9. The van der Waals surface area contributed by atoms with E-state index in [2.05, 4.69) is 48.2 Å². The van der Waals surface area contributed by atoms with Gasteiger partial charge >= 0.3 is 0 Å². The maximum absolute atomic E-state index is 13.2. The molecule has 1 amide bonds. The number of hydrogen-bond acceptors (Lipinski definition) is 6. The van der Waals surface area contributed by atoms with Crippen LogP contribution >= 0.6 is 35.1 Å². The summed E-state index contributed by atoms with van der Waals surface area (Å²) in [6.07, 6.45) is 2.13. The molecule has 0 aliphatic carbocycles. The fourth-order valence-electron chi connectivity index (χ4n) is 4.55. The van der Waals surface area contributed by atoms with Crippen molar-refractivity contribution >= 4 is 56.2 Å². The van der Waals surface area contributed by atoms with E-state index < -0.39 is 0 Å². The van der Waals surface area contributed by atoms with E-state index in [1.165, 1.54) is 15.1 Å². The molecule has 3 aromatic heterocycles. The summed E-state index contributed by atoms with van der Waals surface area (Å²) >= 11 is 3.39. The molecule has 1 N–H and O–H groups in total. The van der Waals surface area contributed by atoms with E-state index in [9.17, 15) is 4.79 Å². The van der Waals surface area contributed by atoms with Gasteiger partial charge in [0.1, 0.15) is 10.0 Å². The Hall–Kier alpha value is -2.26. The lowest BCUT2D eigenvalue weighted by molar-refractivity contribution is 0.102. The number of nitrogens with one attached hydrogen (secondary N) is 1. The minimum Gasteiger partial charge on any atom is -0.312 e. The first-order chi connectivity index (χ1) is 15.9. The molecule has 180 valence electrons. The van der Waals surface area contributed by atoms with Crippen LogP contribution in [0.25, 0.3) is 20.8 Å². The van der Waals surface area contributed by atoms with Crippen molar-refractivity contribution in [1.29, 1.82) is 0 Å². The molecule has 0 bridgehead atoms. The molecular formula is C25H30ClN5OS2. The third kappa shape index (κ3) is 4.64. The lowest BCUT2D eigenvalue weighted by Crippen LogP contribution is -2.30. The standard InChI is InChI=1S/C25H29N5OS2.ClH/c1-5-11-29-12-10-17-21(14-29)33-25(22(17)24-26-18-8-6-7-9-20(18)32-24)27-23(31)19-13-16(4)30(28-19)15(2)3;/h6-9,13,15H,5,10-12,14H2,1-4H3,(H,27,31);1H. The molecule has 4 heterocycles. The van der Waals surface area contributed by atoms with Gasteiger partial charge in [0.2, 0.25) is 0 Å². The van der Waals surface area contributed by atoms with E-state index in [0.717, 1.165) is 59.3 Å². The first-order valence-electron chi connectivity index (χ1n) is 11.5. The highest BCUT2D eigenvalue weighted by atomic mass is 35.5. The number of halogens is 1. The molecule has 0 radical (unpaired) electrons. The number of amides is 1. The third-order valence-electron chi connectivity index (χ3n) is 6.05. The van der Waals surface area contributed by atoms with Crippen LogP contribution in [-0.4, -0.2) is 38.7 Å². The van der Waals surface area contributed by atoms with E-state index in [1.807, 2.05) is 29.8 Å². The molecule has 0 saturated heterocycles. The Kier molecular flexibility index (Phi) is 7.42. The highest BCUT2D eigenvalue weighted by Crippen LogP contribution is 2.45. The number of hydrogen-bond donors (Lipinski definition) is 1. The summed E-state index contributed by atoms with van der Waals surface area (Å²) in [6, 6.07) is 10.3. The Bertz CT molecular complexity index is 1290. The minimum absolute atomic E-state index is 0. The van der Waals surface area contributed by atoms with Crippen molar-refractivity contribution in [2.24, 2.45) is 0 Å². The molecule has 1 aromatic carbocycles. The fraction of sp³-hybridized carbons (Fsp3) is 0.400. The maximum atomic E-state index is 13.2. The lowest BCUT2D eigenvalue weighted by atomic mass is 10.0. The number of para-hydroxylation sites is 1. The summed E-state index contributed by atoms with van der Waals surface area (Å²) in [7, 11) is 0. The van der Waals surface area contributed by atoms with Crippen molar-refractivity contribution in [3.8, 4) is 10.6 Å². The molecule has 0 unspecified atom stereocenters. The summed E-state index contributed by atoms with van der Waals surface area (Å²) in [4.78, 5) is 22.0. The summed E-state index contributed by atoms with van der Waals surface area (Å²) in [5.74, 6) is -0.163. The third-order valence-corrected chi connectivity index (χ3v) is 8.24. The number of carbonyl (C=O) groups is 1. The molecule has 5 rings (SSSR count). The van der Waals surface area contributed by atoms with Gasteiger partial charge in [-0.25, -0.2) is 4.98 Å². The van der Waals surface area contributed by atoms with Crippen molar-refractivity contribution in [3.05, 3.63) is 52.2 Å². The van der Waals surface area contributed by atoms with Crippen LogP contribution in [0.5, 0.6) is 0 Å². The molecule has 4 aromatic rings. The van der Waals surface area contributed by atoms with Crippen molar-refractivity contribution in [3.63, 3.8) is 0 Å². The quantitative estimate of drug-likeness (QED) is 0.316. The van der Waals surface area contributed by atoms with Gasteiger partial charge in [0, 0.05) is 35.3 Å². The number of carbonyl (C=O) groups excluding carboxylic acids is 1. The van der Waals surface area contributed by atoms with Gasteiger partial charge < -0.3 is 5.32 Å². The van der Waals surface area contributed by atoms with E-state index in [4.69, 9.17) is 4.98 Å². The molecule has 0 atom stereocenters. The highest BCUT2D eigenvalue weighted by Gasteiger charge is 2.28. The number of thiophene rings is 1. The topological polar surface area (TPSA) is 63.1 Å². The second-order valence-electron chi connectivity index (χ2n) is 8.88. The normalized spacial score (nSPS) is 13.8. The van der Waals surface area contributed by atoms with Crippen LogP contribution in [0.4, 0.5) is 5.00 Å². The minimum atomic E-state index is -0.163. The van der Waals surface area contributed by atoms with Gasteiger partial charge in [-0.2, -0.15) is 5.10 Å². The van der Waals surface area contributed by atoms with Gasteiger partial charge in [0.15, 0.2) is 5.69 Å². The van der Waals surface area contributed by atoms with Gasteiger partial charge in [-0.05, 0) is 63.9 Å². The van der Waals surface area contributed by atoms with Crippen molar-refractivity contribution < 1.29 is 4.79 Å². The summed E-state index contributed by atoms with van der Waals surface area (Å²) in [5.41, 5.74) is 4.88. The van der Waals surface area contributed by atoms with Crippen molar-refractivity contribution in [2.45, 2.75) is 53.1 Å². The fourth-order valence-corrected chi connectivity index (χ4v) is 6.94. The summed E-state index contributed by atoms with van der Waals surface area (Å²) < 4.78 is 3.06. The predicted molar refractivity (Wildman–Crippen MR) is 145 cm³/mol. The smallest absolute Gasteiger partial charge is 0.276 e. The lowest BCUT2D eigenvalue weighted by Gasteiger charge is -2.26. The number of thiazole rings is 1. The largest absolute Gasteiger partial charge is 0.312 e. The summed E-state index contributed by atoms with van der Waals surface area (Å²) in [6.45, 7) is 11.4. The van der Waals surface area contributed by atoms with E-state index >= 15 is 0 Å². The zero-order valence-electron chi connectivity index (χ0n) is 19.9. The average Bonchev–Trinajstić information content (AvgIpc) is 3.47.